The molecule has 0 bridgehead atoms. The third kappa shape index (κ3) is 3.34. The largest absolute Gasteiger partial charge is 1.00 e. The van der Waals surface area contributed by atoms with Gasteiger partial charge in [-0.05, 0) is 6.08 Å². The highest BCUT2D eigenvalue weighted by molar-refractivity contribution is 14.1. The van der Waals surface area contributed by atoms with E-state index in [4.69, 9.17) is 0 Å². The molecule has 1 heterocycles. The third-order valence-corrected chi connectivity index (χ3v) is 1.64. The molecule has 1 aliphatic heterocycles. The first-order valence-electron chi connectivity index (χ1n) is 2.39. The Hall–Kier alpha value is 0.610. The van der Waals surface area contributed by atoms with Crippen molar-refractivity contribution in [2.45, 2.75) is 0 Å². The molecule has 0 atom stereocenters. The van der Waals surface area contributed by atoms with Gasteiger partial charge in [0.2, 0.25) is 6.21 Å². The molecule has 0 saturated heterocycles. The molecule has 1 aliphatic rings. The van der Waals surface area contributed by atoms with Crippen LogP contribution in [0.3, 0.4) is 0 Å². The zero-order valence-electron chi connectivity index (χ0n) is 4.72. The smallest absolute Gasteiger partial charge is 0.263 e. The molecule has 0 amide bonds. The van der Waals surface area contributed by atoms with Crippen LogP contribution in [0.15, 0.2) is 23.9 Å². The maximum absolute atomic E-state index is 4.09. The summed E-state index contributed by atoms with van der Waals surface area (Å²) in [6, 6.07) is 0. The first-order chi connectivity index (χ1) is 3.93. The van der Waals surface area contributed by atoms with Gasteiger partial charge in [-0.25, -0.2) is 0 Å². The Morgan fingerprint density at radius 1 is 1.44 bits per heavy atom. The summed E-state index contributed by atoms with van der Waals surface area (Å²) < 4.78 is 0.999. The molecule has 0 aromatic heterocycles. The molecule has 1 nitrogen and oxygen atoms in total. The van der Waals surface area contributed by atoms with Gasteiger partial charge in [0, 0.05) is 12.2 Å². The standard InChI is InChI=1S/C6H6IN.HI/c7-5-6-3-1-2-4-8-6;/h1-4H,5H2;1H/q+1;/p-1. The lowest BCUT2D eigenvalue weighted by molar-refractivity contribution is -0.00000155. The van der Waals surface area contributed by atoms with E-state index in [0.29, 0.717) is 0 Å². The summed E-state index contributed by atoms with van der Waals surface area (Å²) in [7, 11) is 0. The summed E-state index contributed by atoms with van der Waals surface area (Å²) >= 11 is 2.29. The Bertz CT molecular complexity index is 158. The number of hydrogen-bond donors (Lipinski definition) is 0. The van der Waals surface area contributed by atoms with E-state index < -0.39 is 0 Å². The van der Waals surface area contributed by atoms with Crippen LogP contribution in [0.5, 0.6) is 0 Å². The lowest BCUT2D eigenvalue weighted by atomic mass is 10.3. The van der Waals surface area contributed by atoms with Crippen LogP contribution in [0.1, 0.15) is 0 Å². The summed E-state index contributed by atoms with van der Waals surface area (Å²) in [5.74, 6) is 0. The third-order valence-electron chi connectivity index (χ3n) is 0.863. The zero-order chi connectivity index (χ0) is 5.82. The number of hydrogen-bond acceptors (Lipinski definition) is 1. The predicted octanol–water partition coefficient (Wildman–Crippen LogP) is -1.71. The summed E-state index contributed by atoms with van der Waals surface area (Å²) in [6.45, 7) is 0. The van der Waals surface area contributed by atoms with E-state index in [-0.39, 0.29) is 24.0 Å². The van der Waals surface area contributed by atoms with Crippen LogP contribution < -0.4 is 29.0 Å². The van der Waals surface area contributed by atoms with Gasteiger partial charge in [-0.3, -0.25) is 0 Å². The van der Waals surface area contributed by atoms with Crippen molar-refractivity contribution in [1.29, 1.82) is 0 Å². The molecule has 0 unspecified atom stereocenters. The molecular formula is C6H6I2N. The van der Waals surface area contributed by atoms with E-state index in [9.17, 15) is 0 Å². The van der Waals surface area contributed by atoms with Gasteiger partial charge >= 0.3 is 0 Å². The van der Waals surface area contributed by atoms with Crippen LogP contribution in [0, 0.1) is 0 Å². The van der Waals surface area contributed by atoms with E-state index in [1.54, 1.807) is 0 Å². The fourth-order valence-electron chi connectivity index (χ4n) is 0.477. The quantitative estimate of drug-likeness (QED) is 0.397. The van der Waals surface area contributed by atoms with Gasteiger partial charge in [-0.15, -0.1) is 0 Å². The highest BCUT2D eigenvalue weighted by Gasteiger charge is 2.03. The lowest BCUT2D eigenvalue weighted by Gasteiger charge is -1.79. The van der Waals surface area contributed by atoms with Crippen molar-refractivity contribution in [3.8, 4) is 0 Å². The molecule has 49 valence electrons. The van der Waals surface area contributed by atoms with Gasteiger partial charge in [0.25, 0.3) is 5.70 Å². The van der Waals surface area contributed by atoms with E-state index in [1.807, 2.05) is 24.4 Å². The Labute approximate surface area is 85.5 Å². The molecule has 0 fully saturated rings. The van der Waals surface area contributed by atoms with Crippen molar-refractivity contribution < 1.29 is 24.0 Å². The molecule has 0 spiro atoms. The second-order valence-corrected chi connectivity index (χ2v) is 2.22. The minimum atomic E-state index is 0. The van der Waals surface area contributed by atoms with E-state index in [1.165, 1.54) is 0 Å². The highest BCUT2D eigenvalue weighted by Crippen LogP contribution is 1.96. The first-order valence-corrected chi connectivity index (χ1v) is 3.92. The van der Waals surface area contributed by atoms with Crippen molar-refractivity contribution in [3.05, 3.63) is 23.9 Å². The molecule has 3 heteroatoms. The topological polar surface area (TPSA) is 14.1 Å². The van der Waals surface area contributed by atoms with Gasteiger partial charge < -0.3 is 24.0 Å². The Morgan fingerprint density at radius 2 is 2.22 bits per heavy atom. The first kappa shape index (κ1) is 9.61. The molecule has 1 rings (SSSR count). The average molecular weight is 346 g/mol. The second-order valence-electron chi connectivity index (χ2n) is 1.45. The number of nitrogens with zero attached hydrogens (tertiary/aromatic N) is 1. The molecule has 0 aromatic rings. The van der Waals surface area contributed by atoms with Gasteiger partial charge in [-0.2, -0.15) is 0 Å². The number of allylic oxidation sites excluding steroid dienone is 4. The minimum absolute atomic E-state index is 0. The van der Waals surface area contributed by atoms with Crippen LogP contribution in [-0.4, -0.2) is 10.6 Å². The maximum atomic E-state index is 4.09. The monoisotopic (exact) mass is 346 g/mol. The molecule has 0 aliphatic carbocycles. The Kier molecular flexibility index (Phi) is 5.77. The van der Waals surface area contributed by atoms with Crippen molar-refractivity contribution >= 4 is 28.8 Å². The summed E-state index contributed by atoms with van der Waals surface area (Å²) in [5.41, 5.74) is 1.15. The summed E-state index contributed by atoms with van der Waals surface area (Å²) in [6.07, 6.45) is 7.76. The number of halogens is 2. The van der Waals surface area contributed by atoms with Crippen molar-refractivity contribution in [2.24, 2.45) is 0 Å². The lowest BCUT2D eigenvalue weighted by Crippen LogP contribution is -3.00. The van der Waals surface area contributed by atoms with Crippen LogP contribution in [0.4, 0.5) is 0 Å². The van der Waals surface area contributed by atoms with Crippen LogP contribution in [0.25, 0.3) is 0 Å². The Balaban J connectivity index is 0.000000640. The Morgan fingerprint density at radius 3 is 2.56 bits per heavy atom. The van der Waals surface area contributed by atoms with E-state index in [2.05, 4.69) is 27.6 Å². The van der Waals surface area contributed by atoms with Crippen molar-refractivity contribution in [1.82, 2.24) is 4.99 Å². The fourth-order valence-corrected chi connectivity index (χ4v) is 0.928. The summed E-state index contributed by atoms with van der Waals surface area (Å²) in [4.78, 5) is 4.09. The van der Waals surface area contributed by atoms with Gasteiger partial charge in [0.1, 0.15) is 0 Å². The molecule has 9 heavy (non-hydrogen) atoms. The molecule has 1 radical (unpaired) electrons. The van der Waals surface area contributed by atoms with Crippen LogP contribution in [-0.2, 0) is 0 Å². The predicted molar refractivity (Wildman–Crippen MR) is 44.3 cm³/mol. The number of rotatable bonds is 1. The summed E-state index contributed by atoms with van der Waals surface area (Å²) in [5, 5.41) is 0. The van der Waals surface area contributed by atoms with Crippen molar-refractivity contribution in [2.75, 3.05) is 4.43 Å². The molecular weight excluding hydrogens is 340 g/mol. The van der Waals surface area contributed by atoms with Crippen LogP contribution >= 0.6 is 22.6 Å². The van der Waals surface area contributed by atoms with Gasteiger partial charge in [0.15, 0.2) is 0 Å². The van der Waals surface area contributed by atoms with Crippen molar-refractivity contribution in [3.63, 3.8) is 0 Å². The van der Waals surface area contributed by atoms with Gasteiger partial charge in [0.05, 0.1) is 9.42 Å². The minimum Gasteiger partial charge on any atom is -1.00 e. The fraction of sp³-hybridized carbons (Fsp3) is 0.167. The normalized spacial score (nSPS) is 14.6. The number of alkyl halides is 1. The van der Waals surface area contributed by atoms with Gasteiger partial charge in [-0.1, -0.05) is 22.6 Å². The van der Waals surface area contributed by atoms with Crippen LogP contribution in [0.2, 0.25) is 0 Å². The molecule has 0 N–H and O–H groups in total. The maximum Gasteiger partial charge on any atom is 0.263 e. The SMILES string of the molecule is ICC1=CC=CC=[N+]1.[I-]. The number of aliphatic imine (C=N–C) groups is 1. The second kappa shape index (κ2) is 5.40. The molecule has 0 saturated carbocycles. The average Bonchev–Trinajstić information content (AvgIpc) is 1.90. The zero-order valence-corrected chi connectivity index (χ0v) is 9.03. The van der Waals surface area contributed by atoms with E-state index in [0.717, 1.165) is 10.1 Å². The highest BCUT2D eigenvalue weighted by atomic mass is 127. The van der Waals surface area contributed by atoms with E-state index >= 15 is 0 Å². The molecule has 0 aromatic carbocycles.